The molecule has 0 saturated carbocycles. The first kappa shape index (κ1) is 7.63. The van der Waals surface area contributed by atoms with Crippen LogP contribution in [0, 0.1) is 11.8 Å². The molecule has 10 heavy (non-hydrogen) atoms. The number of rotatable bonds is 0. The van der Waals surface area contributed by atoms with Gasteiger partial charge in [-0.2, -0.15) is 0 Å². The second-order valence-corrected chi connectivity index (χ2v) is 2.81. The average Bonchev–Trinajstić information content (AvgIpc) is 2.31. The zero-order valence-corrected chi connectivity index (χ0v) is 6.85. The van der Waals surface area contributed by atoms with Gasteiger partial charge in [-0.15, -0.1) is 5.92 Å². The zero-order chi connectivity index (χ0) is 7.40. The van der Waals surface area contributed by atoms with E-state index in [1.54, 1.807) is 0 Å². The van der Waals surface area contributed by atoms with Gasteiger partial charge in [0.2, 0.25) is 0 Å². The molecular formula is C9H15N. The third kappa shape index (κ3) is 1.75. The Bertz CT molecular complexity index is 152. The molecule has 0 bridgehead atoms. The maximum absolute atomic E-state index is 3.26. The normalized spacial score (nSPS) is 26.0. The van der Waals surface area contributed by atoms with Crippen molar-refractivity contribution in [3.63, 3.8) is 0 Å². The van der Waals surface area contributed by atoms with Crippen LogP contribution in [-0.2, 0) is 0 Å². The Balaban J connectivity index is 2.40. The van der Waals surface area contributed by atoms with E-state index >= 15 is 0 Å². The van der Waals surface area contributed by atoms with Crippen LogP contribution in [0.1, 0.15) is 26.2 Å². The number of hydrogen-bond donors (Lipinski definition) is 0. The second-order valence-electron chi connectivity index (χ2n) is 2.81. The third-order valence-corrected chi connectivity index (χ3v) is 1.97. The molecule has 0 N–H and O–H groups in total. The van der Waals surface area contributed by atoms with Crippen molar-refractivity contribution in [2.24, 2.45) is 0 Å². The average molecular weight is 137 g/mol. The first-order valence-corrected chi connectivity index (χ1v) is 4.03. The van der Waals surface area contributed by atoms with Gasteiger partial charge in [0.25, 0.3) is 0 Å². The van der Waals surface area contributed by atoms with E-state index in [2.05, 4.69) is 30.7 Å². The quantitative estimate of drug-likeness (QED) is 0.457. The minimum absolute atomic E-state index is 0.556. The van der Waals surface area contributed by atoms with Crippen LogP contribution >= 0.6 is 0 Å². The van der Waals surface area contributed by atoms with Crippen molar-refractivity contribution >= 4 is 0 Å². The van der Waals surface area contributed by atoms with E-state index in [9.17, 15) is 0 Å². The van der Waals surface area contributed by atoms with E-state index in [0.29, 0.717) is 6.04 Å². The highest BCUT2D eigenvalue weighted by Crippen LogP contribution is 2.12. The predicted molar refractivity (Wildman–Crippen MR) is 43.7 cm³/mol. The molecule has 1 heteroatoms. The van der Waals surface area contributed by atoms with Crippen molar-refractivity contribution in [1.29, 1.82) is 0 Å². The highest BCUT2D eigenvalue weighted by molar-refractivity contribution is 5.09. The number of hydrogen-bond acceptors (Lipinski definition) is 1. The predicted octanol–water partition coefficient (Wildman–Crippen LogP) is 1.49. The monoisotopic (exact) mass is 137 g/mol. The molecule has 0 radical (unpaired) electrons. The van der Waals surface area contributed by atoms with Gasteiger partial charge >= 0.3 is 0 Å². The van der Waals surface area contributed by atoms with Crippen LogP contribution in [0.15, 0.2) is 0 Å². The van der Waals surface area contributed by atoms with E-state index in [4.69, 9.17) is 0 Å². The van der Waals surface area contributed by atoms with Crippen LogP contribution in [0.4, 0.5) is 0 Å². The zero-order valence-electron chi connectivity index (χ0n) is 6.85. The second kappa shape index (κ2) is 3.63. The summed E-state index contributed by atoms with van der Waals surface area (Å²) in [5.74, 6) is 6.39. The van der Waals surface area contributed by atoms with Crippen LogP contribution in [0.25, 0.3) is 0 Å². The first-order chi connectivity index (χ1) is 4.84. The van der Waals surface area contributed by atoms with Crippen molar-refractivity contribution in [2.45, 2.75) is 32.2 Å². The van der Waals surface area contributed by atoms with Crippen LogP contribution in [0.5, 0.6) is 0 Å². The van der Waals surface area contributed by atoms with Gasteiger partial charge in [-0.3, -0.25) is 4.90 Å². The lowest BCUT2D eigenvalue weighted by molar-refractivity contribution is 0.365. The molecule has 1 aliphatic rings. The maximum atomic E-state index is 3.26. The smallest absolute Gasteiger partial charge is 0.0712 e. The lowest BCUT2D eigenvalue weighted by Gasteiger charge is -2.11. The van der Waals surface area contributed by atoms with E-state index in [0.717, 1.165) is 6.42 Å². The molecule has 0 spiro atoms. The molecule has 0 amide bonds. The summed E-state index contributed by atoms with van der Waals surface area (Å²) in [6, 6.07) is 0.556. The van der Waals surface area contributed by atoms with Gasteiger partial charge in [-0.25, -0.2) is 0 Å². The van der Waals surface area contributed by atoms with Gasteiger partial charge < -0.3 is 0 Å². The molecule has 1 rings (SSSR count). The fourth-order valence-electron chi connectivity index (χ4n) is 1.31. The van der Waals surface area contributed by atoms with Crippen molar-refractivity contribution in [2.75, 3.05) is 13.6 Å². The summed E-state index contributed by atoms with van der Waals surface area (Å²) >= 11 is 0. The molecule has 1 unspecified atom stereocenters. The SMILES string of the molecule is CCC#CC1CCCN1C. The van der Waals surface area contributed by atoms with Gasteiger partial charge in [0.15, 0.2) is 0 Å². The standard InChI is InChI=1S/C9H15N/c1-3-4-6-9-7-5-8-10(9)2/h9H,3,5,7-8H2,1-2H3. The molecule has 0 aliphatic carbocycles. The van der Waals surface area contributed by atoms with Crippen molar-refractivity contribution in [1.82, 2.24) is 4.90 Å². The van der Waals surface area contributed by atoms with Crippen molar-refractivity contribution in [3.05, 3.63) is 0 Å². The van der Waals surface area contributed by atoms with E-state index in [1.807, 2.05) is 0 Å². The summed E-state index contributed by atoms with van der Waals surface area (Å²) in [5, 5.41) is 0. The Labute approximate surface area is 63.4 Å². The maximum Gasteiger partial charge on any atom is 0.0712 e. The molecular weight excluding hydrogens is 122 g/mol. The minimum Gasteiger partial charge on any atom is -0.293 e. The molecule has 0 aromatic heterocycles. The van der Waals surface area contributed by atoms with E-state index in [-0.39, 0.29) is 0 Å². The Hall–Kier alpha value is -0.480. The highest BCUT2D eigenvalue weighted by atomic mass is 15.1. The molecule has 1 atom stereocenters. The summed E-state index contributed by atoms with van der Waals surface area (Å²) in [6.07, 6.45) is 3.58. The van der Waals surface area contributed by atoms with Crippen molar-refractivity contribution in [3.8, 4) is 11.8 Å². The molecule has 1 saturated heterocycles. The topological polar surface area (TPSA) is 3.24 Å². The van der Waals surface area contributed by atoms with Gasteiger partial charge in [0.1, 0.15) is 0 Å². The molecule has 1 nitrogen and oxygen atoms in total. The van der Waals surface area contributed by atoms with Gasteiger partial charge in [0.05, 0.1) is 6.04 Å². The first-order valence-electron chi connectivity index (χ1n) is 4.03. The van der Waals surface area contributed by atoms with Crippen molar-refractivity contribution < 1.29 is 0 Å². The molecule has 0 aromatic carbocycles. The molecule has 1 heterocycles. The minimum atomic E-state index is 0.556. The fraction of sp³-hybridized carbons (Fsp3) is 0.778. The summed E-state index contributed by atoms with van der Waals surface area (Å²) in [5.41, 5.74) is 0. The van der Waals surface area contributed by atoms with Gasteiger partial charge in [-0.1, -0.05) is 12.8 Å². The van der Waals surface area contributed by atoms with E-state index in [1.165, 1.54) is 19.4 Å². The molecule has 1 fully saturated rings. The molecule has 1 aliphatic heterocycles. The highest BCUT2D eigenvalue weighted by Gasteiger charge is 2.17. The summed E-state index contributed by atoms with van der Waals surface area (Å²) < 4.78 is 0. The van der Waals surface area contributed by atoms with Gasteiger partial charge in [-0.05, 0) is 26.4 Å². The summed E-state index contributed by atoms with van der Waals surface area (Å²) in [4.78, 5) is 2.34. The van der Waals surface area contributed by atoms with Gasteiger partial charge in [0, 0.05) is 6.42 Å². The van der Waals surface area contributed by atoms with E-state index < -0.39 is 0 Å². The summed E-state index contributed by atoms with van der Waals surface area (Å²) in [7, 11) is 2.15. The Kier molecular flexibility index (Phi) is 2.77. The third-order valence-electron chi connectivity index (χ3n) is 1.97. The number of likely N-dealkylation sites (tertiary alicyclic amines) is 1. The number of nitrogens with zero attached hydrogens (tertiary/aromatic N) is 1. The lowest BCUT2D eigenvalue weighted by atomic mass is 10.2. The summed E-state index contributed by atoms with van der Waals surface area (Å²) in [6.45, 7) is 3.32. The van der Waals surface area contributed by atoms with Crippen LogP contribution < -0.4 is 0 Å². The Morgan fingerprint density at radius 3 is 2.90 bits per heavy atom. The Morgan fingerprint density at radius 2 is 2.40 bits per heavy atom. The molecule has 56 valence electrons. The Morgan fingerprint density at radius 1 is 1.60 bits per heavy atom. The largest absolute Gasteiger partial charge is 0.293 e. The fourth-order valence-corrected chi connectivity index (χ4v) is 1.31. The lowest BCUT2D eigenvalue weighted by Crippen LogP contribution is -2.22. The van der Waals surface area contributed by atoms with Crippen LogP contribution in [0.3, 0.4) is 0 Å². The van der Waals surface area contributed by atoms with Crippen LogP contribution in [0.2, 0.25) is 0 Å². The molecule has 0 aromatic rings. The van der Waals surface area contributed by atoms with Crippen LogP contribution in [-0.4, -0.2) is 24.5 Å².